The number of amides is 1. The standard InChI is InChI=1S/C13H20N4OS2/c1-17(2)8-7-15-13(19)16-10-5-3-4-6-11(10)20-9-12(14)18/h3-6H,7-9H2,1-2H3,(H2,14,18)(H2,15,16,19)/p+1. The van der Waals surface area contributed by atoms with E-state index in [1.165, 1.54) is 16.7 Å². The molecule has 7 heteroatoms. The maximum absolute atomic E-state index is 10.9. The number of thiocarbonyl (C=S) groups is 1. The summed E-state index contributed by atoms with van der Waals surface area (Å²) in [7, 11) is 4.18. The second-order valence-corrected chi connectivity index (χ2v) is 6.01. The second kappa shape index (κ2) is 8.78. The zero-order valence-corrected chi connectivity index (χ0v) is 13.4. The molecule has 0 aromatic heterocycles. The number of carbonyl (C=O) groups is 1. The minimum Gasteiger partial charge on any atom is -0.369 e. The summed E-state index contributed by atoms with van der Waals surface area (Å²) in [4.78, 5) is 13.2. The Balaban J connectivity index is 2.53. The number of para-hydroxylation sites is 1. The molecule has 0 atom stereocenters. The van der Waals surface area contributed by atoms with Gasteiger partial charge in [0.25, 0.3) is 0 Å². The third-order valence-electron chi connectivity index (χ3n) is 2.42. The molecule has 110 valence electrons. The van der Waals surface area contributed by atoms with Crippen LogP contribution in [0.5, 0.6) is 0 Å². The van der Waals surface area contributed by atoms with Gasteiger partial charge in [-0.2, -0.15) is 0 Å². The van der Waals surface area contributed by atoms with Crippen LogP contribution in [0.15, 0.2) is 29.2 Å². The van der Waals surface area contributed by atoms with Crippen molar-refractivity contribution in [1.29, 1.82) is 0 Å². The van der Waals surface area contributed by atoms with Crippen LogP contribution < -0.4 is 21.3 Å². The fourth-order valence-electron chi connectivity index (χ4n) is 1.44. The number of nitrogens with one attached hydrogen (secondary N) is 3. The maximum atomic E-state index is 10.9. The molecule has 0 heterocycles. The van der Waals surface area contributed by atoms with Crippen molar-refractivity contribution in [2.45, 2.75) is 4.90 Å². The van der Waals surface area contributed by atoms with Crippen molar-refractivity contribution in [3.05, 3.63) is 24.3 Å². The SMILES string of the molecule is C[NH+](C)CCNC(=S)Nc1ccccc1SCC(N)=O. The number of rotatable bonds is 7. The minimum atomic E-state index is -0.334. The van der Waals surface area contributed by atoms with Gasteiger partial charge < -0.3 is 21.3 Å². The average molecular weight is 313 g/mol. The number of carbonyl (C=O) groups excluding carboxylic acids is 1. The van der Waals surface area contributed by atoms with Crippen LogP contribution in [0.25, 0.3) is 0 Å². The molecule has 1 rings (SSSR count). The number of anilines is 1. The van der Waals surface area contributed by atoms with Crippen LogP contribution >= 0.6 is 24.0 Å². The Labute approximate surface area is 129 Å². The Hall–Kier alpha value is -1.31. The van der Waals surface area contributed by atoms with Gasteiger partial charge in [0.2, 0.25) is 5.91 Å². The van der Waals surface area contributed by atoms with Gasteiger partial charge in [0, 0.05) is 4.90 Å². The van der Waals surface area contributed by atoms with Gasteiger partial charge in [-0.1, -0.05) is 12.1 Å². The van der Waals surface area contributed by atoms with Crippen LogP contribution in [-0.2, 0) is 4.79 Å². The van der Waals surface area contributed by atoms with Crippen molar-refractivity contribution >= 4 is 40.7 Å². The summed E-state index contributed by atoms with van der Waals surface area (Å²) >= 11 is 6.65. The lowest BCUT2D eigenvalue weighted by molar-refractivity contribution is -0.856. The third kappa shape index (κ3) is 6.74. The van der Waals surface area contributed by atoms with Crippen LogP contribution in [0.1, 0.15) is 0 Å². The van der Waals surface area contributed by atoms with Crippen LogP contribution in [0.3, 0.4) is 0 Å². The Morgan fingerprint density at radius 2 is 2.10 bits per heavy atom. The van der Waals surface area contributed by atoms with Crippen LogP contribution in [-0.4, -0.2) is 44.0 Å². The normalized spacial score (nSPS) is 10.3. The van der Waals surface area contributed by atoms with Crippen molar-refractivity contribution in [2.24, 2.45) is 5.73 Å². The molecule has 0 aliphatic heterocycles. The Kier molecular flexibility index (Phi) is 7.35. The van der Waals surface area contributed by atoms with E-state index < -0.39 is 0 Å². The summed E-state index contributed by atoms with van der Waals surface area (Å²) in [6.07, 6.45) is 0. The molecule has 1 aromatic rings. The van der Waals surface area contributed by atoms with Gasteiger partial charge in [-0.25, -0.2) is 0 Å². The van der Waals surface area contributed by atoms with Gasteiger partial charge in [0.15, 0.2) is 5.11 Å². The fraction of sp³-hybridized carbons (Fsp3) is 0.385. The van der Waals surface area contributed by atoms with E-state index >= 15 is 0 Å². The number of nitrogens with two attached hydrogens (primary N) is 1. The van der Waals surface area contributed by atoms with Crippen molar-refractivity contribution in [3.63, 3.8) is 0 Å². The lowest BCUT2D eigenvalue weighted by Gasteiger charge is -2.14. The number of primary amides is 1. The highest BCUT2D eigenvalue weighted by Gasteiger charge is 2.06. The second-order valence-electron chi connectivity index (χ2n) is 4.59. The lowest BCUT2D eigenvalue weighted by atomic mass is 10.3. The molecule has 0 spiro atoms. The number of quaternary nitrogens is 1. The smallest absolute Gasteiger partial charge is 0.227 e. The van der Waals surface area contributed by atoms with Crippen LogP contribution in [0, 0.1) is 0 Å². The molecule has 0 radical (unpaired) electrons. The number of benzene rings is 1. The van der Waals surface area contributed by atoms with E-state index in [-0.39, 0.29) is 11.7 Å². The zero-order chi connectivity index (χ0) is 15.0. The molecule has 0 fully saturated rings. The first-order valence-corrected chi connectivity index (χ1v) is 7.72. The first-order valence-electron chi connectivity index (χ1n) is 6.33. The van der Waals surface area contributed by atoms with Crippen LogP contribution in [0.2, 0.25) is 0 Å². The van der Waals surface area contributed by atoms with E-state index in [4.69, 9.17) is 18.0 Å². The van der Waals surface area contributed by atoms with Crippen molar-refractivity contribution in [1.82, 2.24) is 5.32 Å². The summed E-state index contributed by atoms with van der Waals surface area (Å²) in [6.45, 7) is 1.80. The first kappa shape index (κ1) is 16.7. The molecule has 1 amide bonds. The molecule has 0 saturated carbocycles. The van der Waals surface area contributed by atoms with Crippen molar-refractivity contribution < 1.29 is 9.69 Å². The van der Waals surface area contributed by atoms with E-state index in [0.29, 0.717) is 5.11 Å². The number of hydrogen-bond donors (Lipinski definition) is 4. The van der Waals surface area contributed by atoms with E-state index in [1.807, 2.05) is 24.3 Å². The summed E-state index contributed by atoms with van der Waals surface area (Å²) < 4.78 is 0. The third-order valence-corrected chi connectivity index (χ3v) is 3.76. The Morgan fingerprint density at radius 1 is 1.40 bits per heavy atom. The summed E-state index contributed by atoms with van der Waals surface area (Å²) in [5, 5.41) is 6.88. The molecule has 20 heavy (non-hydrogen) atoms. The highest BCUT2D eigenvalue weighted by Crippen LogP contribution is 2.26. The molecule has 0 saturated heterocycles. The Bertz CT molecular complexity index is 465. The molecule has 0 aliphatic carbocycles. The van der Waals surface area contributed by atoms with E-state index in [0.717, 1.165) is 23.7 Å². The predicted molar refractivity (Wildman–Crippen MR) is 88.3 cm³/mol. The highest BCUT2D eigenvalue weighted by molar-refractivity contribution is 8.00. The van der Waals surface area contributed by atoms with Gasteiger partial charge in [-0.15, -0.1) is 11.8 Å². The van der Waals surface area contributed by atoms with E-state index in [2.05, 4.69) is 24.7 Å². The molecular formula is C13H21N4OS2+. The predicted octanol–water partition coefficient (Wildman–Crippen LogP) is -0.305. The lowest BCUT2D eigenvalue weighted by Crippen LogP contribution is -3.06. The van der Waals surface area contributed by atoms with Crippen molar-refractivity contribution in [3.8, 4) is 0 Å². The average Bonchev–Trinajstić information content (AvgIpc) is 2.37. The topological polar surface area (TPSA) is 71.6 Å². The molecule has 0 unspecified atom stereocenters. The van der Waals surface area contributed by atoms with Crippen molar-refractivity contribution in [2.75, 3.05) is 38.3 Å². The summed E-state index contributed by atoms with van der Waals surface area (Å²) in [5.74, 6) is -0.0810. The maximum Gasteiger partial charge on any atom is 0.227 e. The van der Waals surface area contributed by atoms with E-state index in [9.17, 15) is 4.79 Å². The summed E-state index contributed by atoms with van der Waals surface area (Å²) in [5.41, 5.74) is 6.05. The summed E-state index contributed by atoms with van der Waals surface area (Å²) in [6, 6.07) is 7.70. The van der Waals surface area contributed by atoms with Gasteiger partial charge >= 0.3 is 0 Å². The van der Waals surface area contributed by atoms with E-state index in [1.54, 1.807) is 0 Å². The Morgan fingerprint density at radius 3 is 2.75 bits per heavy atom. The molecular weight excluding hydrogens is 292 g/mol. The number of thioether (sulfide) groups is 1. The van der Waals surface area contributed by atoms with Gasteiger partial charge in [-0.3, -0.25) is 4.79 Å². The molecule has 5 nitrogen and oxygen atoms in total. The number of hydrogen-bond acceptors (Lipinski definition) is 3. The van der Waals surface area contributed by atoms with Gasteiger partial charge in [0.05, 0.1) is 38.6 Å². The minimum absolute atomic E-state index is 0.253. The first-order chi connectivity index (χ1) is 9.49. The van der Waals surface area contributed by atoms with Gasteiger partial charge in [0.1, 0.15) is 0 Å². The fourth-order valence-corrected chi connectivity index (χ4v) is 2.40. The number of likely N-dealkylation sites (N-methyl/N-ethyl adjacent to an activating group) is 1. The quantitative estimate of drug-likeness (QED) is 0.411. The zero-order valence-electron chi connectivity index (χ0n) is 11.7. The highest BCUT2D eigenvalue weighted by atomic mass is 32.2. The van der Waals surface area contributed by atoms with Gasteiger partial charge in [-0.05, 0) is 24.4 Å². The van der Waals surface area contributed by atoms with Crippen LogP contribution in [0.4, 0.5) is 5.69 Å². The largest absolute Gasteiger partial charge is 0.369 e. The monoisotopic (exact) mass is 313 g/mol. The molecule has 0 bridgehead atoms. The molecule has 1 aromatic carbocycles. The molecule has 0 aliphatic rings. The molecule has 5 N–H and O–H groups in total.